The van der Waals surface area contributed by atoms with Crippen molar-refractivity contribution < 1.29 is 14.3 Å². The third kappa shape index (κ3) is 3.67. The van der Waals surface area contributed by atoms with Gasteiger partial charge >= 0.3 is 5.97 Å². The van der Waals surface area contributed by atoms with Crippen molar-refractivity contribution in [2.75, 3.05) is 5.32 Å². The zero-order valence-corrected chi connectivity index (χ0v) is 11.5. The smallest absolute Gasteiger partial charge is 0.309 e. The molecule has 3 atom stereocenters. The first-order valence-electron chi connectivity index (χ1n) is 6.10. The molecule has 1 aromatic rings. The summed E-state index contributed by atoms with van der Waals surface area (Å²) in [5.41, 5.74) is 0. The Balaban J connectivity index is 1.85. The SMILES string of the molecule is C[C@@H](OC(=O)[C@@H]1C[C@@H]1C)C(=O)Nc1ccc(Cl)cn1. The summed E-state index contributed by atoms with van der Waals surface area (Å²) in [6, 6.07) is 3.20. The third-order valence-corrected chi connectivity index (χ3v) is 3.28. The van der Waals surface area contributed by atoms with Gasteiger partial charge in [-0.3, -0.25) is 9.59 Å². The van der Waals surface area contributed by atoms with Gasteiger partial charge in [-0.2, -0.15) is 0 Å². The van der Waals surface area contributed by atoms with Crippen molar-refractivity contribution in [3.05, 3.63) is 23.4 Å². The van der Waals surface area contributed by atoms with Gasteiger partial charge < -0.3 is 10.1 Å². The number of aromatic nitrogens is 1. The van der Waals surface area contributed by atoms with Gasteiger partial charge in [-0.05, 0) is 31.4 Å². The monoisotopic (exact) mass is 282 g/mol. The zero-order valence-electron chi connectivity index (χ0n) is 10.7. The van der Waals surface area contributed by atoms with Crippen LogP contribution in [-0.4, -0.2) is 23.0 Å². The van der Waals surface area contributed by atoms with Crippen LogP contribution in [0.2, 0.25) is 5.02 Å². The number of ether oxygens (including phenoxy) is 1. The highest BCUT2D eigenvalue weighted by atomic mass is 35.5. The van der Waals surface area contributed by atoms with Crippen LogP contribution in [-0.2, 0) is 14.3 Å². The molecule has 0 bridgehead atoms. The normalized spacial score (nSPS) is 22.5. The first-order chi connectivity index (χ1) is 8.97. The van der Waals surface area contributed by atoms with E-state index < -0.39 is 12.0 Å². The van der Waals surface area contributed by atoms with E-state index >= 15 is 0 Å². The number of halogens is 1. The van der Waals surface area contributed by atoms with Crippen LogP contribution in [0.15, 0.2) is 18.3 Å². The average molecular weight is 283 g/mol. The second-order valence-corrected chi connectivity index (χ2v) is 5.19. The largest absolute Gasteiger partial charge is 0.452 e. The predicted octanol–water partition coefficient (Wildman–Crippen LogP) is 2.26. The Labute approximate surface area is 116 Å². The fourth-order valence-electron chi connectivity index (χ4n) is 1.64. The van der Waals surface area contributed by atoms with Crippen molar-refractivity contribution in [2.24, 2.45) is 11.8 Å². The molecule has 1 aromatic heterocycles. The first kappa shape index (κ1) is 13.8. The summed E-state index contributed by atoms with van der Waals surface area (Å²) < 4.78 is 5.10. The van der Waals surface area contributed by atoms with Gasteiger partial charge in [-0.1, -0.05) is 18.5 Å². The first-order valence-corrected chi connectivity index (χ1v) is 6.48. The quantitative estimate of drug-likeness (QED) is 0.860. The van der Waals surface area contributed by atoms with Crippen LogP contribution in [0.5, 0.6) is 0 Å². The number of anilines is 1. The van der Waals surface area contributed by atoms with Gasteiger partial charge in [0.2, 0.25) is 0 Å². The molecular formula is C13H15ClN2O3. The zero-order chi connectivity index (χ0) is 14.0. The van der Waals surface area contributed by atoms with Crippen molar-refractivity contribution in [1.82, 2.24) is 4.98 Å². The Hall–Kier alpha value is -1.62. The number of amides is 1. The minimum Gasteiger partial charge on any atom is -0.452 e. The summed E-state index contributed by atoms with van der Waals surface area (Å²) in [7, 11) is 0. The Kier molecular flexibility index (Phi) is 4.04. The molecule has 1 saturated carbocycles. The van der Waals surface area contributed by atoms with Gasteiger partial charge in [-0.25, -0.2) is 4.98 Å². The van der Waals surface area contributed by atoms with E-state index in [1.165, 1.54) is 13.1 Å². The van der Waals surface area contributed by atoms with Crippen molar-refractivity contribution in [3.63, 3.8) is 0 Å². The van der Waals surface area contributed by atoms with Gasteiger partial charge in [0.25, 0.3) is 5.91 Å². The molecule has 1 aliphatic rings. The Morgan fingerprint density at radius 3 is 2.74 bits per heavy atom. The number of hydrogen-bond acceptors (Lipinski definition) is 4. The number of pyridine rings is 1. The van der Waals surface area contributed by atoms with E-state index in [-0.39, 0.29) is 11.9 Å². The molecular weight excluding hydrogens is 268 g/mol. The fraction of sp³-hybridized carbons (Fsp3) is 0.462. The maximum absolute atomic E-state index is 11.8. The van der Waals surface area contributed by atoms with E-state index in [0.29, 0.717) is 16.8 Å². The van der Waals surface area contributed by atoms with Crippen molar-refractivity contribution in [3.8, 4) is 0 Å². The highest BCUT2D eigenvalue weighted by Crippen LogP contribution is 2.38. The Morgan fingerprint density at radius 2 is 2.21 bits per heavy atom. The second kappa shape index (κ2) is 5.57. The van der Waals surface area contributed by atoms with E-state index in [2.05, 4.69) is 10.3 Å². The van der Waals surface area contributed by atoms with Crippen molar-refractivity contribution >= 4 is 29.3 Å². The molecule has 5 nitrogen and oxygen atoms in total. The molecule has 0 saturated heterocycles. The summed E-state index contributed by atoms with van der Waals surface area (Å²) in [5, 5.41) is 3.05. The lowest BCUT2D eigenvalue weighted by molar-refractivity contribution is -0.154. The van der Waals surface area contributed by atoms with Gasteiger partial charge in [0.15, 0.2) is 6.10 Å². The number of nitrogens with one attached hydrogen (secondary N) is 1. The van der Waals surface area contributed by atoms with E-state index in [9.17, 15) is 9.59 Å². The molecule has 6 heteroatoms. The number of hydrogen-bond donors (Lipinski definition) is 1. The summed E-state index contributed by atoms with van der Waals surface area (Å²) in [6.07, 6.45) is 1.43. The average Bonchev–Trinajstić information content (AvgIpc) is 3.09. The summed E-state index contributed by atoms with van der Waals surface area (Å²) in [4.78, 5) is 27.3. The highest BCUT2D eigenvalue weighted by molar-refractivity contribution is 6.30. The van der Waals surface area contributed by atoms with Crippen LogP contribution < -0.4 is 5.32 Å². The maximum atomic E-state index is 11.8. The molecule has 1 aliphatic carbocycles. The number of carbonyl (C=O) groups is 2. The lowest BCUT2D eigenvalue weighted by Gasteiger charge is -2.13. The lowest BCUT2D eigenvalue weighted by Crippen LogP contribution is -2.30. The molecule has 0 aliphatic heterocycles. The van der Waals surface area contributed by atoms with Crippen LogP contribution >= 0.6 is 11.6 Å². The molecule has 1 amide bonds. The second-order valence-electron chi connectivity index (χ2n) is 4.75. The van der Waals surface area contributed by atoms with Crippen molar-refractivity contribution in [2.45, 2.75) is 26.4 Å². The van der Waals surface area contributed by atoms with Gasteiger partial charge in [0.05, 0.1) is 10.9 Å². The minimum absolute atomic E-state index is 0.0519. The Morgan fingerprint density at radius 1 is 1.53 bits per heavy atom. The summed E-state index contributed by atoms with van der Waals surface area (Å²) in [5.74, 6) is -0.0302. The molecule has 1 heterocycles. The lowest BCUT2D eigenvalue weighted by atomic mass is 10.3. The van der Waals surface area contributed by atoms with E-state index in [0.717, 1.165) is 6.42 Å². The number of rotatable bonds is 4. The molecule has 0 radical (unpaired) electrons. The summed E-state index contributed by atoms with van der Waals surface area (Å²) in [6.45, 7) is 3.52. The van der Waals surface area contributed by atoms with Crippen LogP contribution in [0.25, 0.3) is 0 Å². The van der Waals surface area contributed by atoms with E-state index in [4.69, 9.17) is 16.3 Å². The van der Waals surface area contributed by atoms with Crippen molar-refractivity contribution in [1.29, 1.82) is 0 Å². The standard InChI is InChI=1S/C13H15ClN2O3/c1-7-5-10(7)13(18)19-8(2)12(17)16-11-4-3-9(14)6-15-11/h3-4,6-8,10H,5H2,1-2H3,(H,15,16,17)/t7-,8+,10+/m0/s1. The highest BCUT2D eigenvalue weighted by Gasteiger charge is 2.41. The molecule has 1 fully saturated rings. The molecule has 0 aromatic carbocycles. The topological polar surface area (TPSA) is 68.3 Å². The van der Waals surface area contributed by atoms with Crippen LogP contribution in [0, 0.1) is 11.8 Å². The molecule has 2 rings (SSSR count). The minimum atomic E-state index is -0.835. The van der Waals surface area contributed by atoms with Gasteiger partial charge in [0, 0.05) is 6.20 Å². The third-order valence-electron chi connectivity index (χ3n) is 3.05. The van der Waals surface area contributed by atoms with Crippen LogP contribution in [0.1, 0.15) is 20.3 Å². The predicted molar refractivity (Wildman–Crippen MR) is 70.7 cm³/mol. The molecule has 102 valence electrons. The van der Waals surface area contributed by atoms with Gasteiger partial charge in [0.1, 0.15) is 5.82 Å². The molecule has 0 unspecified atom stereocenters. The number of nitrogens with zero attached hydrogens (tertiary/aromatic N) is 1. The molecule has 19 heavy (non-hydrogen) atoms. The van der Waals surface area contributed by atoms with E-state index in [1.807, 2.05) is 6.92 Å². The number of carbonyl (C=O) groups excluding carboxylic acids is 2. The van der Waals surface area contributed by atoms with Crippen LogP contribution in [0.4, 0.5) is 5.82 Å². The fourth-order valence-corrected chi connectivity index (χ4v) is 1.76. The maximum Gasteiger partial charge on any atom is 0.309 e. The van der Waals surface area contributed by atoms with Gasteiger partial charge in [-0.15, -0.1) is 0 Å². The van der Waals surface area contributed by atoms with Crippen LogP contribution in [0.3, 0.4) is 0 Å². The summed E-state index contributed by atoms with van der Waals surface area (Å²) >= 11 is 5.69. The molecule has 0 spiro atoms. The van der Waals surface area contributed by atoms with E-state index in [1.54, 1.807) is 12.1 Å². The number of esters is 1. The molecule has 1 N–H and O–H groups in total. The Bertz CT molecular complexity index is 489.